The summed E-state index contributed by atoms with van der Waals surface area (Å²) < 4.78 is 26.3. The van der Waals surface area contributed by atoms with Crippen LogP contribution in [0.2, 0.25) is 5.02 Å². The Morgan fingerprint density at radius 3 is 2.48 bits per heavy atom. The summed E-state index contributed by atoms with van der Waals surface area (Å²) in [5, 5.41) is 11.5. The molecule has 0 aromatic heterocycles. The van der Waals surface area contributed by atoms with E-state index >= 15 is 0 Å². The molecule has 3 N–H and O–H groups in total. The number of hydrogen-bond donors (Lipinski definition) is 3. The molecule has 7 nitrogen and oxygen atoms in total. The third kappa shape index (κ3) is 10.0. The van der Waals surface area contributed by atoms with E-state index in [0.717, 1.165) is 19.3 Å². The van der Waals surface area contributed by atoms with Gasteiger partial charge in [-0.05, 0) is 43.5 Å². The first-order valence-electron chi connectivity index (χ1n) is 8.67. The maximum Gasteiger partial charge on any atom is 0.328 e. The fourth-order valence-electron chi connectivity index (χ4n) is 2.28. The van der Waals surface area contributed by atoms with E-state index in [0.29, 0.717) is 30.0 Å². The lowest BCUT2D eigenvalue weighted by Gasteiger charge is -2.09. The molecule has 1 aromatic rings. The molecule has 0 aliphatic carbocycles. The molecule has 0 radical (unpaired) electrons. The number of halogens is 1. The zero-order valence-corrected chi connectivity index (χ0v) is 16.8. The van der Waals surface area contributed by atoms with Gasteiger partial charge in [-0.2, -0.15) is 0 Å². The summed E-state index contributed by atoms with van der Waals surface area (Å²) in [6.07, 6.45) is 5.45. The van der Waals surface area contributed by atoms with E-state index in [1.54, 1.807) is 24.3 Å². The van der Waals surface area contributed by atoms with Crippen LogP contribution in [0.5, 0.6) is 0 Å². The minimum atomic E-state index is -3.93. The number of amides is 2. The van der Waals surface area contributed by atoms with Crippen LogP contribution in [0.4, 0.5) is 4.79 Å². The van der Waals surface area contributed by atoms with E-state index in [2.05, 4.69) is 5.32 Å². The highest BCUT2D eigenvalue weighted by Gasteiger charge is 2.16. The molecule has 1 rings (SSSR count). The average Bonchev–Trinajstić information content (AvgIpc) is 2.56. The summed E-state index contributed by atoms with van der Waals surface area (Å²) >= 11 is 5.87. The maximum absolute atomic E-state index is 12.2. The van der Waals surface area contributed by atoms with Gasteiger partial charge in [-0.1, -0.05) is 43.0 Å². The zero-order chi connectivity index (χ0) is 20.3. The molecule has 0 aliphatic rings. The molecule has 0 heterocycles. The van der Waals surface area contributed by atoms with Gasteiger partial charge in [0.25, 0.3) is 10.0 Å². The predicted molar refractivity (Wildman–Crippen MR) is 106 cm³/mol. The molecular weight excluding hydrogens is 392 g/mol. The SMILES string of the molecule is CC(=Cc1cccc(Cl)c1)S(=O)(=O)NC(=O)NCCCCCCCC(=O)O. The molecule has 150 valence electrons. The van der Waals surface area contributed by atoms with Crippen LogP contribution in [-0.4, -0.2) is 32.1 Å². The number of carbonyl (C=O) groups is 2. The molecule has 0 saturated heterocycles. The van der Waals surface area contributed by atoms with E-state index in [1.165, 1.54) is 13.0 Å². The van der Waals surface area contributed by atoms with Gasteiger partial charge in [0.05, 0.1) is 4.91 Å². The molecule has 0 aliphatic heterocycles. The van der Waals surface area contributed by atoms with E-state index in [-0.39, 0.29) is 11.3 Å². The second-order valence-electron chi connectivity index (χ2n) is 6.08. The highest BCUT2D eigenvalue weighted by molar-refractivity contribution is 7.94. The molecule has 0 atom stereocenters. The summed E-state index contributed by atoms with van der Waals surface area (Å²) in [5.74, 6) is -0.797. The van der Waals surface area contributed by atoms with Crippen molar-refractivity contribution in [2.45, 2.75) is 45.4 Å². The lowest BCUT2D eigenvalue weighted by atomic mass is 10.1. The van der Waals surface area contributed by atoms with Crippen LogP contribution in [0.15, 0.2) is 29.2 Å². The highest BCUT2D eigenvalue weighted by atomic mass is 35.5. The average molecular weight is 417 g/mol. The van der Waals surface area contributed by atoms with Crippen LogP contribution in [-0.2, 0) is 14.8 Å². The van der Waals surface area contributed by atoms with Crippen LogP contribution in [0.25, 0.3) is 6.08 Å². The molecule has 0 bridgehead atoms. The number of unbranched alkanes of at least 4 members (excludes halogenated alkanes) is 4. The summed E-state index contributed by atoms with van der Waals surface area (Å²) in [6, 6.07) is 5.94. The van der Waals surface area contributed by atoms with Gasteiger partial charge in [0.1, 0.15) is 0 Å². The number of carboxylic acid groups (broad SMARTS) is 1. The molecule has 0 unspecified atom stereocenters. The standard InChI is InChI=1S/C18H25ClN2O5S/c1-14(12-15-8-7-9-16(19)13-15)27(25,26)21-18(24)20-11-6-4-2-3-5-10-17(22)23/h7-9,12-13H,2-6,10-11H2,1H3,(H,22,23)(H2,20,21,24). The summed E-state index contributed by atoms with van der Waals surface area (Å²) in [5.41, 5.74) is 0.619. The van der Waals surface area contributed by atoms with Gasteiger partial charge in [0.15, 0.2) is 0 Å². The van der Waals surface area contributed by atoms with Gasteiger partial charge in [-0.3, -0.25) is 4.79 Å². The lowest BCUT2D eigenvalue weighted by molar-refractivity contribution is -0.137. The monoisotopic (exact) mass is 416 g/mol. The van der Waals surface area contributed by atoms with Gasteiger partial charge in [0.2, 0.25) is 0 Å². The Labute approximate surface area is 164 Å². The van der Waals surface area contributed by atoms with E-state index in [4.69, 9.17) is 16.7 Å². The second-order valence-corrected chi connectivity index (χ2v) is 8.37. The first-order chi connectivity index (χ1) is 12.7. The molecule has 9 heteroatoms. The van der Waals surface area contributed by atoms with Crippen molar-refractivity contribution in [1.29, 1.82) is 0 Å². The summed E-state index contributed by atoms with van der Waals surface area (Å²) in [6.45, 7) is 1.74. The Kier molecular flexibility index (Phi) is 9.88. The van der Waals surface area contributed by atoms with E-state index < -0.39 is 22.0 Å². The summed E-state index contributed by atoms with van der Waals surface area (Å²) in [7, 11) is -3.93. The van der Waals surface area contributed by atoms with Crippen molar-refractivity contribution in [3.05, 3.63) is 39.8 Å². The van der Waals surface area contributed by atoms with Crippen molar-refractivity contribution in [1.82, 2.24) is 10.0 Å². The topological polar surface area (TPSA) is 113 Å². The van der Waals surface area contributed by atoms with E-state index in [9.17, 15) is 18.0 Å². The van der Waals surface area contributed by atoms with Crippen LogP contribution in [0.1, 0.15) is 51.0 Å². The van der Waals surface area contributed by atoms with Gasteiger partial charge >= 0.3 is 12.0 Å². The Balaban J connectivity index is 2.34. The highest BCUT2D eigenvalue weighted by Crippen LogP contribution is 2.15. The van der Waals surface area contributed by atoms with Crippen molar-refractivity contribution in [3.63, 3.8) is 0 Å². The summed E-state index contributed by atoms with van der Waals surface area (Å²) in [4.78, 5) is 22.1. The van der Waals surface area contributed by atoms with Crippen LogP contribution in [0, 0.1) is 0 Å². The Hall–Kier alpha value is -2.06. The Morgan fingerprint density at radius 2 is 1.81 bits per heavy atom. The first-order valence-corrected chi connectivity index (χ1v) is 10.5. The molecular formula is C18H25ClN2O5S. The molecule has 27 heavy (non-hydrogen) atoms. The number of sulfonamides is 1. The number of carbonyl (C=O) groups excluding carboxylic acids is 1. The minimum absolute atomic E-state index is 0.00153. The number of rotatable bonds is 11. The number of carboxylic acids is 1. The number of benzene rings is 1. The number of aliphatic carboxylic acids is 1. The first kappa shape index (κ1) is 23.0. The fraction of sp³-hybridized carbons (Fsp3) is 0.444. The second kappa shape index (κ2) is 11.6. The number of nitrogens with one attached hydrogen (secondary N) is 2. The van der Waals surface area contributed by atoms with Gasteiger partial charge in [0, 0.05) is 18.0 Å². The zero-order valence-electron chi connectivity index (χ0n) is 15.2. The minimum Gasteiger partial charge on any atom is -0.481 e. The van der Waals surface area contributed by atoms with Crippen molar-refractivity contribution < 1.29 is 23.1 Å². The Morgan fingerprint density at radius 1 is 1.15 bits per heavy atom. The smallest absolute Gasteiger partial charge is 0.328 e. The molecule has 2 amide bonds. The van der Waals surface area contributed by atoms with Gasteiger partial charge in [-0.25, -0.2) is 17.9 Å². The molecule has 1 aromatic carbocycles. The van der Waals surface area contributed by atoms with Gasteiger partial charge in [-0.15, -0.1) is 0 Å². The normalized spacial score (nSPS) is 11.9. The van der Waals surface area contributed by atoms with Gasteiger partial charge < -0.3 is 10.4 Å². The number of urea groups is 1. The molecule has 0 fully saturated rings. The predicted octanol–water partition coefficient (Wildman–Crippen LogP) is 3.76. The number of allylic oxidation sites excluding steroid dienone is 1. The van der Waals surface area contributed by atoms with Crippen molar-refractivity contribution in [3.8, 4) is 0 Å². The fourth-order valence-corrected chi connectivity index (χ4v) is 3.25. The van der Waals surface area contributed by atoms with Crippen LogP contribution >= 0.6 is 11.6 Å². The third-order valence-corrected chi connectivity index (χ3v) is 5.38. The van der Waals surface area contributed by atoms with Crippen LogP contribution < -0.4 is 10.0 Å². The quantitative estimate of drug-likeness (QED) is 0.475. The maximum atomic E-state index is 12.2. The third-order valence-electron chi connectivity index (χ3n) is 3.72. The van der Waals surface area contributed by atoms with Crippen molar-refractivity contribution >= 4 is 39.7 Å². The van der Waals surface area contributed by atoms with Crippen molar-refractivity contribution in [2.75, 3.05) is 6.54 Å². The largest absolute Gasteiger partial charge is 0.481 e. The van der Waals surface area contributed by atoms with Crippen LogP contribution in [0.3, 0.4) is 0 Å². The molecule has 0 spiro atoms. The van der Waals surface area contributed by atoms with E-state index in [1.807, 2.05) is 4.72 Å². The van der Waals surface area contributed by atoms with Crippen molar-refractivity contribution in [2.24, 2.45) is 0 Å². The number of hydrogen-bond acceptors (Lipinski definition) is 4. The lowest BCUT2D eigenvalue weighted by Crippen LogP contribution is -2.39. The molecule has 0 saturated carbocycles. The Bertz CT molecular complexity index is 778.